The summed E-state index contributed by atoms with van der Waals surface area (Å²) in [5.74, 6) is 2.34. The molecule has 0 aromatic heterocycles. The van der Waals surface area contributed by atoms with Gasteiger partial charge < -0.3 is 10.6 Å². The molecule has 0 aliphatic rings. The fraction of sp³-hybridized carbons (Fsp3) is 0.375. The SMILES string of the molecule is C#CC=CCON=C(C)CN. The summed E-state index contributed by atoms with van der Waals surface area (Å²) in [5.41, 5.74) is 6.01. The zero-order valence-electron chi connectivity index (χ0n) is 6.58. The highest BCUT2D eigenvalue weighted by Gasteiger charge is 1.83. The molecule has 0 bridgehead atoms. The molecule has 0 rings (SSSR count). The minimum Gasteiger partial charge on any atom is -0.392 e. The minimum atomic E-state index is 0.390. The summed E-state index contributed by atoms with van der Waals surface area (Å²) in [4.78, 5) is 4.81. The smallest absolute Gasteiger partial charge is 0.136 e. The Labute approximate surface area is 66.9 Å². The van der Waals surface area contributed by atoms with Crippen LogP contribution in [0.3, 0.4) is 0 Å². The van der Waals surface area contributed by atoms with Crippen LogP contribution >= 0.6 is 0 Å². The first-order valence-corrected chi connectivity index (χ1v) is 3.28. The molecule has 2 N–H and O–H groups in total. The van der Waals surface area contributed by atoms with Crippen LogP contribution in [-0.2, 0) is 4.84 Å². The Kier molecular flexibility index (Phi) is 6.05. The van der Waals surface area contributed by atoms with Gasteiger partial charge in [-0.1, -0.05) is 11.1 Å². The largest absolute Gasteiger partial charge is 0.392 e. The number of rotatable bonds is 4. The third-order valence-corrected chi connectivity index (χ3v) is 0.901. The third-order valence-electron chi connectivity index (χ3n) is 0.901. The number of nitrogens with two attached hydrogens (primary N) is 1. The molecule has 0 heterocycles. The average Bonchev–Trinajstić information content (AvgIpc) is 2.04. The second-order valence-corrected chi connectivity index (χ2v) is 1.90. The molecule has 11 heavy (non-hydrogen) atoms. The van der Waals surface area contributed by atoms with E-state index in [4.69, 9.17) is 17.0 Å². The van der Waals surface area contributed by atoms with E-state index in [9.17, 15) is 0 Å². The van der Waals surface area contributed by atoms with Crippen LogP contribution in [0.1, 0.15) is 6.92 Å². The average molecular weight is 152 g/mol. The first-order chi connectivity index (χ1) is 5.31. The van der Waals surface area contributed by atoms with Crippen molar-refractivity contribution in [2.24, 2.45) is 10.9 Å². The van der Waals surface area contributed by atoms with E-state index in [1.165, 1.54) is 0 Å². The highest BCUT2D eigenvalue weighted by Crippen LogP contribution is 1.80. The third kappa shape index (κ3) is 6.62. The Bertz CT molecular complexity index is 189. The van der Waals surface area contributed by atoms with E-state index in [-0.39, 0.29) is 0 Å². The topological polar surface area (TPSA) is 47.6 Å². The maximum Gasteiger partial charge on any atom is 0.136 e. The lowest BCUT2D eigenvalue weighted by Crippen LogP contribution is -2.09. The lowest BCUT2D eigenvalue weighted by atomic mass is 10.4. The second kappa shape index (κ2) is 6.84. The van der Waals surface area contributed by atoms with Gasteiger partial charge in [0.1, 0.15) is 6.61 Å². The Balaban J connectivity index is 3.42. The summed E-state index contributed by atoms with van der Waals surface area (Å²) in [7, 11) is 0. The number of allylic oxidation sites excluding steroid dienone is 1. The molecule has 0 unspecified atom stereocenters. The standard InChI is InChI=1S/C8H12N2O/c1-3-4-5-6-11-10-8(2)7-9/h1,4-5H,6-7,9H2,2H3. The lowest BCUT2D eigenvalue weighted by molar-refractivity contribution is 0.174. The lowest BCUT2D eigenvalue weighted by Gasteiger charge is -1.94. The van der Waals surface area contributed by atoms with E-state index < -0.39 is 0 Å². The minimum absolute atomic E-state index is 0.390. The van der Waals surface area contributed by atoms with Gasteiger partial charge in [0.15, 0.2) is 0 Å². The van der Waals surface area contributed by atoms with Crippen molar-refractivity contribution in [2.75, 3.05) is 13.2 Å². The summed E-state index contributed by atoms with van der Waals surface area (Å²) < 4.78 is 0. The molecule has 0 aliphatic carbocycles. The molecule has 3 nitrogen and oxygen atoms in total. The predicted molar refractivity (Wildman–Crippen MR) is 46.1 cm³/mol. The van der Waals surface area contributed by atoms with Gasteiger partial charge in [-0.2, -0.15) is 0 Å². The molecule has 0 atom stereocenters. The van der Waals surface area contributed by atoms with Crippen LogP contribution < -0.4 is 5.73 Å². The molecule has 0 radical (unpaired) electrons. The monoisotopic (exact) mass is 152 g/mol. The molecule has 0 aliphatic heterocycles. The molecule has 0 aromatic carbocycles. The zero-order valence-corrected chi connectivity index (χ0v) is 6.58. The Morgan fingerprint density at radius 2 is 2.55 bits per heavy atom. The van der Waals surface area contributed by atoms with Crippen LogP contribution in [-0.4, -0.2) is 18.9 Å². The molecule has 3 heteroatoms. The van der Waals surface area contributed by atoms with E-state index in [1.54, 1.807) is 19.1 Å². The normalized spacial score (nSPS) is 11.5. The van der Waals surface area contributed by atoms with E-state index >= 15 is 0 Å². The van der Waals surface area contributed by atoms with Gasteiger partial charge in [0.05, 0.1) is 5.71 Å². The summed E-state index contributed by atoms with van der Waals surface area (Å²) in [5, 5.41) is 3.69. The summed E-state index contributed by atoms with van der Waals surface area (Å²) >= 11 is 0. The summed E-state index contributed by atoms with van der Waals surface area (Å²) in [6.45, 7) is 2.60. The van der Waals surface area contributed by atoms with Crippen molar-refractivity contribution in [3.05, 3.63) is 12.2 Å². The van der Waals surface area contributed by atoms with Gasteiger partial charge in [0.2, 0.25) is 0 Å². The number of terminal acetylenes is 1. The molecule has 0 amide bonds. The van der Waals surface area contributed by atoms with Gasteiger partial charge in [-0.15, -0.1) is 6.42 Å². The van der Waals surface area contributed by atoms with Gasteiger partial charge in [-0.05, 0) is 19.1 Å². The first kappa shape index (κ1) is 9.73. The van der Waals surface area contributed by atoms with Crippen molar-refractivity contribution in [1.29, 1.82) is 0 Å². The highest BCUT2D eigenvalue weighted by atomic mass is 16.6. The molecule has 0 fully saturated rings. The number of nitrogens with zero attached hydrogens (tertiary/aromatic N) is 1. The van der Waals surface area contributed by atoms with Gasteiger partial charge in [0, 0.05) is 6.54 Å². The second-order valence-electron chi connectivity index (χ2n) is 1.90. The van der Waals surface area contributed by atoms with Crippen molar-refractivity contribution in [3.63, 3.8) is 0 Å². The van der Waals surface area contributed by atoms with Crippen LogP contribution in [0.4, 0.5) is 0 Å². The van der Waals surface area contributed by atoms with Crippen LogP contribution in [0.5, 0.6) is 0 Å². The number of oxime groups is 1. The fourth-order valence-corrected chi connectivity index (χ4v) is 0.344. The first-order valence-electron chi connectivity index (χ1n) is 3.28. The van der Waals surface area contributed by atoms with Crippen molar-refractivity contribution < 1.29 is 4.84 Å². The molecule has 0 saturated heterocycles. The fourth-order valence-electron chi connectivity index (χ4n) is 0.344. The molecular formula is C8H12N2O. The zero-order chi connectivity index (χ0) is 8.53. The van der Waals surface area contributed by atoms with Crippen LogP contribution in [0.2, 0.25) is 0 Å². The Hall–Kier alpha value is -1.27. The van der Waals surface area contributed by atoms with Gasteiger partial charge in [-0.25, -0.2) is 0 Å². The van der Waals surface area contributed by atoms with Crippen molar-refractivity contribution in [3.8, 4) is 12.3 Å². The van der Waals surface area contributed by atoms with E-state index in [0.29, 0.717) is 13.2 Å². The number of hydrogen-bond acceptors (Lipinski definition) is 3. The molecule has 0 aromatic rings. The molecule has 0 spiro atoms. The Morgan fingerprint density at radius 1 is 1.82 bits per heavy atom. The van der Waals surface area contributed by atoms with Crippen LogP contribution in [0.25, 0.3) is 0 Å². The van der Waals surface area contributed by atoms with E-state index in [1.807, 2.05) is 0 Å². The van der Waals surface area contributed by atoms with Gasteiger partial charge in [0.25, 0.3) is 0 Å². The highest BCUT2D eigenvalue weighted by molar-refractivity contribution is 5.83. The maximum absolute atomic E-state index is 5.25. The van der Waals surface area contributed by atoms with E-state index in [2.05, 4.69) is 11.1 Å². The van der Waals surface area contributed by atoms with E-state index in [0.717, 1.165) is 5.71 Å². The number of hydrogen-bond donors (Lipinski definition) is 1. The van der Waals surface area contributed by atoms with Crippen molar-refractivity contribution in [2.45, 2.75) is 6.92 Å². The van der Waals surface area contributed by atoms with Gasteiger partial charge >= 0.3 is 0 Å². The summed E-state index contributed by atoms with van der Waals surface area (Å²) in [6.07, 6.45) is 8.21. The van der Waals surface area contributed by atoms with Crippen LogP contribution in [0, 0.1) is 12.3 Å². The van der Waals surface area contributed by atoms with Crippen LogP contribution in [0.15, 0.2) is 17.3 Å². The Morgan fingerprint density at radius 3 is 3.09 bits per heavy atom. The quantitative estimate of drug-likeness (QED) is 0.276. The molecule has 60 valence electrons. The predicted octanol–water partition coefficient (Wildman–Crippen LogP) is 0.527. The summed E-state index contributed by atoms with van der Waals surface area (Å²) in [6, 6.07) is 0. The van der Waals surface area contributed by atoms with Crippen molar-refractivity contribution >= 4 is 5.71 Å². The van der Waals surface area contributed by atoms with Gasteiger partial charge in [-0.3, -0.25) is 0 Å². The molecular weight excluding hydrogens is 140 g/mol. The van der Waals surface area contributed by atoms with Crippen molar-refractivity contribution in [1.82, 2.24) is 0 Å². The maximum atomic E-state index is 5.25. The molecule has 0 saturated carbocycles.